The largest absolute Gasteiger partial charge is 0.493 e. The molecule has 1 amide bonds. The van der Waals surface area contributed by atoms with E-state index in [9.17, 15) is 4.79 Å². The first-order chi connectivity index (χ1) is 21.1. The Morgan fingerprint density at radius 1 is 0.953 bits per heavy atom. The van der Waals surface area contributed by atoms with E-state index >= 15 is 0 Å². The summed E-state index contributed by atoms with van der Waals surface area (Å²) in [5.74, 6) is 1.52. The van der Waals surface area contributed by atoms with Crippen molar-refractivity contribution in [2.24, 2.45) is 0 Å². The Morgan fingerprint density at radius 3 is 2.47 bits per heavy atom. The third kappa shape index (κ3) is 6.54. The van der Waals surface area contributed by atoms with Crippen LogP contribution in [0.1, 0.15) is 32.9 Å². The van der Waals surface area contributed by atoms with Crippen molar-refractivity contribution in [1.29, 1.82) is 0 Å². The summed E-state index contributed by atoms with van der Waals surface area (Å²) in [6, 6.07) is 23.5. The van der Waals surface area contributed by atoms with Gasteiger partial charge in [-0.15, -0.1) is 5.10 Å². The summed E-state index contributed by atoms with van der Waals surface area (Å²) in [4.78, 5) is 14.9. The minimum atomic E-state index is -0.309. The monoisotopic (exact) mass is 578 g/mol. The molecule has 10 nitrogen and oxygen atoms in total. The van der Waals surface area contributed by atoms with E-state index in [0.717, 1.165) is 61.0 Å². The van der Waals surface area contributed by atoms with Crippen LogP contribution >= 0.6 is 0 Å². The summed E-state index contributed by atoms with van der Waals surface area (Å²) >= 11 is 0. The lowest BCUT2D eigenvalue weighted by Crippen LogP contribution is -2.32. The number of carbonyl (C=O) groups is 1. The van der Waals surface area contributed by atoms with Gasteiger partial charge in [0.1, 0.15) is 5.69 Å². The van der Waals surface area contributed by atoms with Gasteiger partial charge in [-0.25, -0.2) is 4.68 Å². The fourth-order valence-electron chi connectivity index (χ4n) is 5.26. The van der Waals surface area contributed by atoms with Gasteiger partial charge < -0.3 is 24.5 Å². The molecule has 220 valence electrons. The summed E-state index contributed by atoms with van der Waals surface area (Å²) in [6.45, 7) is 3.36. The molecule has 0 spiro atoms. The second-order valence-corrected chi connectivity index (χ2v) is 10.4. The molecule has 3 aromatic carbocycles. The van der Waals surface area contributed by atoms with Crippen molar-refractivity contribution in [1.82, 2.24) is 19.9 Å². The first-order valence-electron chi connectivity index (χ1n) is 14.2. The first kappa shape index (κ1) is 28.0. The van der Waals surface area contributed by atoms with Crippen LogP contribution in [0.15, 0.2) is 89.7 Å². The number of amides is 1. The molecule has 0 atom stereocenters. The van der Waals surface area contributed by atoms with Crippen molar-refractivity contribution in [3.63, 3.8) is 0 Å². The van der Waals surface area contributed by atoms with Crippen molar-refractivity contribution >= 4 is 17.3 Å². The molecule has 2 N–H and O–H groups in total. The number of furan rings is 1. The molecule has 5 aromatic rings. The van der Waals surface area contributed by atoms with Crippen molar-refractivity contribution in [2.75, 3.05) is 37.9 Å². The van der Waals surface area contributed by atoms with Crippen LogP contribution in [0.25, 0.3) is 5.69 Å². The quantitative estimate of drug-likeness (QED) is 0.216. The number of methoxy groups -OCH3 is 2. The van der Waals surface area contributed by atoms with Gasteiger partial charge in [-0.2, -0.15) is 0 Å². The van der Waals surface area contributed by atoms with Gasteiger partial charge >= 0.3 is 0 Å². The molecule has 0 unspecified atom stereocenters. The Labute approximate surface area is 250 Å². The van der Waals surface area contributed by atoms with E-state index in [1.54, 1.807) is 31.0 Å². The van der Waals surface area contributed by atoms with Crippen LogP contribution in [-0.4, -0.2) is 53.1 Å². The average molecular weight is 579 g/mol. The van der Waals surface area contributed by atoms with Crippen molar-refractivity contribution in [3.05, 3.63) is 113 Å². The van der Waals surface area contributed by atoms with E-state index in [1.165, 1.54) is 23.0 Å². The Bertz CT molecular complexity index is 1680. The molecule has 0 radical (unpaired) electrons. The second-order valence-electron chi connectivity index (χ2n) is 10.4. The van der Waals surface area contributed by atoms with Crippen LogP contribution in [0.2, 0.25) is 0 Å². The van der Waals surface area contributed by atoms with Crippen LogP contribution in [0.3, 0.4) is 0 Å². The zero-order chi connectivity index (χ0) is 29.6. The van der Waals surface area contributed by atoms with Gasteiger partial charge in [0, 0.05) is 19.6 Å². The highest BCUT2D eigenvalue weighted by atomic mass is 16.5. The zero-order valence-corrected chi connectivity index (χ0v) is 24.2. The highest BCUT2D eigenvalue weighted by molar-refractivity contribution is 6.04. The molecule has 0 fully saturated rings. The molecular formula is C33H34N6O4. The van der Waals surface area contributed by atoms with Gasteiger partial charge in [0.25, 0.3) is 5.91 Å². The Kier molecular flexibility index (Phi) is 8.37. The van der Waals surface area contributed by atoms with Crippen LogP contribution in [-0.2, 0) is 25.9 Å². The number of nitrogens with one attached hydrogen (secondary N) is 2. The number of fused-ring (bicyclic) bond motifs is 1. The number of anilines is 2. The molecule has 0 aliphatic carbocycles. The van der Waals surface area contributed by atoms with Gasteiger partial charge in [0.15, 0.2) is 17.3 Å². The summed E-state index contributed by atoms with van der Waals surface area (Å²) in [7, 11) is 3.36. The number of benzene rings is 3. The number of nitrogens with zero attached hydrogens (tertiary/aromatic N) is 4. The Balaban J connectivity index is 1.02. The molecule has 43 heavy (non-hydrogen) atoms. The molecule has 1 aliphatic heterocycles. The smallest absolute Gasteiger partial charge is 0.291 e. The number of aromatic nitrogens is 3. The molecule has 6 rings (SSSR count). The molecule has 0 bridgehead atoms. The Hall–Kier alpha value is -5.09. The lowest BCUT2D eigenvalue weighted by atomic mass is 9.98. The number of rotatable bonds is 11. The molecule has 3 heterocycles. The molecule has 0 saturated carbocycles. The van der Waals surface area contributed by atoms with E-state index in [1.807, 2.05) is 30.5 Å². The first-order valence-corrected chi connectivity index (χ1v) is 14.2. The van der Waals surface area contributed by atoms with Gasteiger partial charge in [-0.1, -0.05) is 29.5 Å². The van der Waals surface area contributed by atoms with E-state index in [0.29, 0.717) is 12.2 Å². The van der Waals surface area contributed by atoms with E-state index < -0.39 is 0 Å². The third-order valence-electron chi connectivity index (χ3n) is 7.64. The summed E-state index contributed by atoms with van der Waals surface area (Å²) in [6.07, 6.45) is 5.34. The van der Waals surface area contributed by atoms with Crippen LogP contribution in [0.5, 0.6) is 11.5 Å². The van der Waals surface area contributed by atoms with Gasteiger partial charge in [0.05, 0.1) is 50.3 Å². The second kappa shape index (κ2) is 12.8. The fraction of sp³-hybridized carbons (Fsp3) is 0.242. The van der Waals surface area contributed by atoms with E-state index in [4.69, 9.17) is 13.9 Å². The number of hydrogen-bond acceptors (Lipinski definition) is 8. The van der Waals surface area contributed by atoms with Crippen LogP contribution in [0.4, 0.5) is 11.4 Å². The number of hydrogen-bond donors (Lipinski definition) is 2. The maximum atomic E-state index is 12.4. The van der Waals surface area contributed by atoms with Crippen LogP contribution < -0.4 is 20.1 Å². The van der Waals surface area contributed by atoms with E-state index in [2.05, 4.69) is 62.2 Å². The maximum Gasteiger partial charge on any atom is 0.291 e. The third-order valence-corrected chi connectivity index (χ3v) is 7.64. The van der Waals surface area contributed by atoms with Gasteiger partial charge in [0.2, 0.25) is 0 Å². The molecular weight excluding hydrogens is 544 g/mol. The number of carbonyl (C=O) groups excluding carboxylic acids is 1. The van der Waals surface area contributed by atoms with Gasteiger partial charge in [-0.05, 0) is 78.1 Å². The van der Waals surface area contributed by atoms with Gasteiger partial charge in [-0.3, -0.25) is 9.69 Å². The lowest BCUT2D eigenvalue weighted by molar-refractivity contribution is 0.0996. The molecule has 10 heteroatoms. The predicted octanol–water partition coefficient (Wildman–Crippen LogP) is 5.34. The molecule has 1 aliphatic rings. The lowest BCUT2D eigenvalue weighted by Gasteiger charge is -2.29. The normalized spacial score (nSPS) is 12.9. The summed E-state index contributed by atoms with van der Waals surface area (Å²) < 4.78 is 17.9. The summed E-state index contributed by atoms with van der Waals surface area (Å²) in [5.41, 5.74) is 7.06. The minimum absolute atomic E-state index is 0.253. The topological polar surface area (TPSA) is 107 Å². The molecule has 0 saturated heterocycles. The SMILES string of the molecule is COc1cc2c(cc1OC)CN(CCc1ccc(-n3cc(CNc4ccccc4NC(=O)c4ccco4)nn3)cc1)CC2. The maximum absolute atomic E-state index is 12.4. The van der Waals surface area contributed by atoms with Crippen molar-refractivity contribution in [2.45, 2.75) is 25.9 Å². The number of para-hydroxylation sites is 2. The predicted molar refractivity (Wildman–Crippen MR) is 164 cm³/mol. The highest BCUT2D eigenvalue weighted by Gasteiger charge is 2.19. The number of ether oxygens (including phenoxy) is 2. The Morgan fingerprint density at radius 2 is 1.72 bits per heavy atom. The summed E-state index contributed by atoms with van der Waals surface area (Å²) in [5, 5.41) is 14.9. The average Bonchev–Trinajstić information content (AvgIpc) is 3.76. The standard InChI is InChI=1S/C33H34N6O4/c1-41-31-18-24-14-16-38(21-25(24)19-32(31)42-2)15-13-23-9-11-27(12-10-23)39-22-26(36-37-39)20-34-28-6-3-4-7-29(28)35-33(40)30-8-5-17-43-30/h3-12,17-19,22,34H,13-16,20-21H2,1-2H3,(H,35,40). The molecule has 2 aromatic heterocycles. The van der Waals surface area contributed by atoms with Crippen LogP contribution in [0, 0.1) is 0 Å². The van der Waals surface area contributed by atoms with Crippen molar-refractivity contribution in [3.8, 4) is 17.2 Å². The van der Waals surface area contributed by atoms with Crippen molar-refractivity contribution < 1.29 is 18.7 Å². The zero-order valence-electron chi connectivity index (χ0n) is 24.2. The highest BCUT2D eigenvalue weighted by Crippen LogP contribution is 2.33. The fourth-order valence-corrected chi connectivity index (χ4v) is 5.26. The minimum Gasteiger partial charge on any atom is -0.493 e. The van der Waals surface area contributed by atoms with E-state index in [-0.39, 0.29) is 11.7 Å².